The van der Waals surface area contributed by atoms with Crippen LogP contribution in [0.4, 0.5) is 10.1 Å². The van der Waals surface area contributed by atoms with Crippen LogP contribution in [0.15, 0.2) is 35.7 Å². The molecular weight excluding hydrogens is 325 g/mol. The number of nitrogens with zero attached hydrogens (tertiary/aromatic N) is 3. The minimum Gasteiger partial charge on any atom is -0.310 e. The van der Waals surface area contributed by atoms with Crippen molar-refractivity contribution in [2.24, 2.45) is 0 Å². The molecule has 6 heteroatoms. The number of hydrogen-bond donors (Lipinski definition) is 0. The third-order valence-electron chi connectivity index (χ3n) is 3.67. The smallest absolute Gasteiger partial charge is 0.241 e. The Morgan fingerprint density at radius 2 is 2.00 bits per heavy atom. The molecule has 0 aliphatic heterocycles. The lowest BCUT2D eigenvalue weighted by atomic mass is 10.2. The fourth-order valence-electron chi connectivity index (χ4n) is 2.36. The van der Waals surface area contributed by atoms with Gasteiger partial charge in [-0.25, -0.2) is 4.39 Å². The van der Waals surface area contributed by atoms with Gasteiger partial charge in [-0.2, -0.15) is 5.26 Å². The van der Waals surface area contributed by atoms with E-state index in [9.17, 15) is 9.18 Å². The van der Waals surface area contributed by atoms with E-state index in [1.165, 1.54) is 22.6 Å². The number of benzene rings is 1. The summed E-state index contributed by atoms with van der Waals surface area (Å²) >= 11 is 1.67. The molecule has 1 amide bonds. The highest BCUT2D eigenvalue weighted by molar-refractivity contribution is 7.10. The molecule has 0 bridgehead atoms. The lowest BCUT2D eigenvalue weighted by Gasteiger charge is -2.25. The standard InChI is InChI=1S/C18H20FN3OS/c1-14-8-11-24-17(14)12-21(2)13-18(23)22(10-3-9-20)16-6-4-15(19)5-7-16/h4-8,11H,3,10,12-13H2,1-2H3. The van der Waals surface area contributed by atoms with Gasteiger partial charge in [0.1, 0.15) is 5.82 Å². The molecular formula is C18H20FN3OS. The highest BCUT2D eigenvalue weighted by Gasteiger charge is 2.18. The molecule has 0 aliphatic carbocycles. The molecule has 0 fully saturated rings. The lowest BCUT2D eigenvalue weighted by Crippen LogP contribution is -2.39. The number of amides is 1. The summed E-state index contributed by atoms with van der Waals surface area (Å²) in [5, 5.41) is 10.9. The molecule has 2 rings (SSSR count). The Balaban J connectivity index is 2.05. The van der Waals surface area contributed by atoms with Crippen LogP contribution >= 0.6 is 11.3 Å². The third kappa shape index (κ3) is 4.88. The largest absolute Gasteiger partial charge is 0.310 e. The SMILES string of the molecule is Cc1ccsc1CN(C)CC(=O)N(CCC#N)c1ccc(F)cc1. The molecule has 0 unspecified atom stereocenters. The van der Waals surface area contributed by atoms with E-state index in [0.717, 1.165) is 0 Å². The second-order valence-electron chi connectivity index (χ2n) is 5.63. The van der Waals surface area contributed by atoms with Gasteiger partial charge in [-0.3, -0.25) is 9.69 Å². The van der Waals surface area contributed by atoms with Gasteiger partial charge < -0.3 is 4.90 Å². The topological polar surface area (TPSA) is 47.3 Å². The molecule has 1 heterocycles. The Kier molecular flexibility index (Phi) is 6.47. The molecule has 0 saturated heterocycles. The second kappa shape index (κ2) is 8.57. The molecule has 0 atom stereocenters. The molecule has 0 radical (unpaired) electrons. The maximum Gasteiger partial charge on any atom is 0.241 e. The zero-order chi connectivity index (χ0) is 17.5. The van der Waals surface area contributed by atoms with Crippen molar-refractivity contribution < 1.29 is 9.18 Å². The maximum atomic E-state index is 13.1. The number of halogens is 1. The third-order valence-corrected chi connectivity index (χ3v) is 4.68. The number of hydrogen-bond acceptors (Lipinski definition) is 4. The molecule has 0 spiro atoms. The summed E-state index contributed by atoms with van der Waals surface area (Å²) in [6.07, 6.45) is 0.233. The summed E-state index contributed by atoms with van der Waals surface area (Å²) in [5.74, 6) is -0.453. The molecule has 126 valence electrons. The van der Waals surface area contributed by atoms with Crippen molar-refractivity contribution in [1.29, 1.82) is 5.26 Å². The Morgan fingerprint density at radius 3 is 2.58 bits per heavy atom. The summed E-state index contributed by atoms with van der Waals surface area (Å²) in [6.45, 7) is 3.29. The molecule has 0 aliphatic rings. The van der Waals surface area contributed by atoms with E-state index < -0.39 is 0 Å². The van der Waals surface area contributed by atoms with Crippen molar-refractivity contribution >= 4 is 22.9 Å². The highest BCUT2D eigenvalue weighted by Crippen LogP contribution is 2.19. The van der Waals surface area contributed by atoms with E-state index in [0.29, 0.717) is 18.8 Å². The quantitative estimate of drug-likeness (QED) is 0.771. The molecule has 24 heavy (non-hydrogen) atoms. The van der Waals surface area contributed by atoms with Crippen molar-refractivity contribution in [3.05, 3.63) is 52.0 Å². The van der Waals surface area contributed by atoms with Gasteiger partial charge in [-0.1, -0.05) is 0 Å². The minimum absolute atomic E-state index is 0.103. The summed E-state index contributed by atoms with van der Waals surface area (Å²) < 4.78 is 13.1. The van der Waals surface area contributed by atoms with Crippen LogP contribution in [0.3, 0.4) is 0 Å². The van der Waals surface area contributed by atoms with Crippen LogP contribution in [0.2, 0.25) is 0 Å². The Morgan fingerprint density at radius 1 is 1.29 bits per heavy atom. The number of rotatable bonds is 7. The maximum absolute atomic E-state index is 13.1. The average molecular weight is 345 g/mol. The van der Waals surface area contributed by atoms with Crippen LogP contribution in [-0.4, -0.2) is 30.9 Å². The van der Waals surface area contributed by atoms with Gasteiger partial charge in [0.15, 0.2) is 0 Å². The molecule has 4 nitrogen and oxygen atoms in total. The van der Waals surface area contributed by atoms with E-state index >= 15 is 0 Å². The highest BCUT2D eigenvalue weighted by atomic mass is 32.1. The number of thiophene rings is 1. The van der Waals surface area contributed by atoms with Crippen molar-refractivity contribution in [2.45, 2.75) is 19.9 Å². The van der Waals surface area contributed by atoms with Gasteiger partial charge >= 0.3 is 0 Å². The van der Waals surface area contributed by atoms with Crippen LogP contribution < -0.4 is 4.90 Å². The summed E-state index contributed by atoms with van der Waals surface area (Å²) in [7, 11) is 1.89. The number of carbonyl (C=O) groups excluding carboxylic acids is 1. The van der Waals surface area contributed by atoms with Crippen LogP contribution in [0.1, 0.15) is 16.9 Å². The van der Waals surface area contributed by atoms with Gasteiger partial charge in [0.05, 0.1) is 19.0 Å². The average Bonchev–Trinajstić information content (AvgIpc) is 2.94. The summed E-state index contributed by atoms with van der Waals surface area (Å²) in [4.78, 5) is 17.4. The normalized spacial score (nSPS) is 10.6. The van der Waals surface area contributed by atoms with E-state index in [1.807, 2.05) is 17.3 Å². The van der Waals surface area contributed by atoms with Gasteiger partial charge in [0.25, 0.3) is 0 Å². The van der Waals surface area contributed by atoms with E-state index in [1.54, 1.807) is 28.4 Å². The zero-order valence-electron chi connectivity index (χ0n) is 13.8. The fraction of sp³-hybridized carbons (Fsp3) is 0.333. The second-order valence-corrected chi connectivity index (χ2v) is 6.63. The Bertz CT molecular complexity index is 721. The predicted octanol–water partition coefficient (Wildman–Crippen LogP) is 3.57. The summed E-state index contributed by atoms with van der Waals surface area (Å²) in [5.41, 5.74) is 1.83. The van der Waals surface area contributed by atoms with Crippen molar-refractivity contribution in [2.75, 3.05) is 25.0 Å². The van der Waals surface area contributed by atoms with Crippen LogP contribution in [0, 0.1) is 24.1 Å². The first-order valence-electron chi connectivity index (χ1n) is 7.65. The molecule has 1 aromatic heterocycles. The monoisotopic (exact) mass is 345 g/mol. The van der Waals surface area contributed by atoms with E-state index in [4.69, 9.17) is 5.26 Å². The number of likely N-dealkylation sites (N-methyl/N-ethyl adjacent to an activating group) is 1. The predicted molar refractivity (Wildman–Crippen MR) is 94.4 cm³/mol. The fourth-order valence-corrected chi connectivity index (χ4v) is 3.35. The molecule has 0 N–H and O–H groups in total. The van der Waals surface area contributed by atoms with Gasteiger partial charge in [0, 0.05) is 23.7 Å². The first-order valence-corrected chi connectivity index (χ1v) is 8.53. The first-order chi connectivity index (χ1) is 11.5. The van der Waals surface area contributed by atoms with Gasteiger partial charge in [-0.05, 0) is 55.2 Å². The molecule has 1 aromatic carbocycles. The Labute approximate surface area is 145 Å². The van der Waals surface area contributed by atoms with Gasteiger partial charge in [-0.15, -0.1) is 11.3 Å². The van der Waals surface area contributed by atoms with Crippen LogP contribution in [-0.2, 0) is 11.3 Å². The Hall–Kier alpha value is -2.23. The van der Waals surface area contributed by atoms with Gasteiger partial charge in [0.2, 0.25) is 5.91 Å². The molecule has 2 aromatic rings. The summed E-state index contributed by atoms with van der Waals surface area (Å²) in [6, 6.07) is 9.88. The number of carbonyl (C=O) groups is 1. The number of aryl methyl sites for hydroxylation is 1. The van der Waals surface area contributed by atoms with Crippen molar-refractivity contribution in [1.82, 2.24) is 4.90 Å². The number of anilines is 1. The van der Waals surface area contributed by atoms with Crippen LogP contribution in [0.5, 0.6) is 0 Å². The number of nitriles is 1. The van der Waals surface area contributed by atoms with Crippen molar-refractivity contribution in [3.63, 3.8) is 0 Å². The first kappa shape index (κ1) is 18.1. The lowest BCUT2D eigenvalue weighted by molar-refractivity contribution is -0.119. The van der Waals surface area contributed by atoms with E-state index in [2.05, 4.69) is 19.1 Å². The van der Waals surface area contributed by atoms with Crippen molar-refractivity contribution in [3.8, 4) is 6.07 Å². The van der Waals surface area contributed by atoms with Crippen LogP contribution in [0.25, 0.3) is 0 Å². The minimum atomic E-state index is -0.350. The van der Waals surface area contributed by atoms with E-state index in [-0.39, 0.29) is 24.7 Å². The zero-order valence-corrected chi connectivity index (χ0v) is 14.6. The molecule has 0 saturated carbocycles.